The van der Waals surface area contributed by atoms with Gasteiger partial charge in [-0.3, -0.25) is 19.3 Å². The molecule has 2 aliphatic carbocycles. The lowest BCUT2D eigenvalue weighted by molar-refractivity contribution is -0.123. The number of halogens is 3. The molecule has 216 valence electrons. The molecule has 4 aromatic rings. The van der Waals surface area contributed by atoms with E-state index in [0.29, 0.717) is 38.4 Å². The van der Waals surface area contributed by atoms with Gasteiger partial charge in [-0.2, -0.15) is 0 Å². The van der Waals surface area contributed by atoms with Crippen LogP contribution in [0.1, 0.15) is 27.1 Å². The Morgan fingerprint density at radius 3 is 2.19 bits per heavy atom. The quantitative estimate of drug-likeness (QED) is 0.0934. The Labute approximate surface area is 268 Å². The molecule has 6 atom stereocenters. The van der Waals surface area contributed by atoms with Crippen molar-refractivity contribution in [1.82, 2.24) is 4.98 Å². The molecule has 7 rings (SSSR count). The summed E-state index contributed by atoms with van der Waals surface area (Å²) in [7, 11) is 0. The largest absolute Gasteiger partial charge is 0.454 e. The Morgan fingerprint density at radius 1 is 0.884 bits per heavy atom. The van der Waals surface area contributed by atoms with Crippen LogP contribution in [-0.4, -0.2) is 44.8 Å². The van der Waals surface area contributed by atoms with Crippen LogP contribution < -0.4 is 4.90 Å². The average molecular weight is 723 g/mol. The highest BCUT2D eigenvalue weighted by atomic mass is 79.9. The summed E-state index contributed by atoms with van der Waals surface area (Å²) in [5.41, 5.74) is 2.68. The van der Waals surface area contributed by atoms with Crippen molar-refractivity contribution < 1.29 is 23.9 Å². The van der Waals surface area contributed by atoms with Crippen molar-refractivity contribution in [3.8, 4) is 11.3 Å². The fourth-order valence-corrected chi connectivity index (χ4v) is 8.92. The van der Waals surface area contributed by atoms with Crippen LogP contribution in [0.5, 0.6) is 0 Å². The van der Waals surface area contributed by atoms with E-state index in [2.05, 4.69) is 31.9 Å². The molecule has 2 amide bonds. The first-order chi connectivity index (χ1) is 20.7. The third kappa shape index (κ3) is 4.64. The number of carbonyl (C=O) groups is 4. The first-order valence-electron chi connectivity index (χ1n) is 13.9. The van der Waals surface area contributed by atoms with E-state index in [4.69, 9.17) is 21.3 Å². The summed E-state index contributed by atoms with van der Waals surface area (Å²) >= 11 is 13.9. The Bertz CT molecular complexity index is 1780. The van der Waals surface area contributed by atoms with E-state index in [9.17, 15) is 19.2 Å². The zero-order valence-electron chi connectivity index (χ0n) is 22.5. The predicted octanol–water partition coefficient (Wildman–Crippen LogP) is 6.88. The number of hydrogen-bond donors (Lipinski definition) is 0. The molecular formula is C33H23Br2ClN2O5. The van der Waals surface area contributed by atoms with E-state index < -0.39 is 12.6 Å². The molecule has 1 aliphatic heterocycles. The van der Waals surface area contributed by atoms with Gasteiger partial charge in [-0.25, -0.2) is 9.78 Å². The maximum Gasteiger partial charge on any atom is 0.339 e. The molecule has 3 aliphatic rings. The Kier molecular flexibility index (Phi) is 7.22. The van der Waals surface area contributed by atoms with Crippen molar-refractivity contribution >= 4 is 83.6 Å². The van der Waals surface area contributed by atoms with Crippen LogP contribution in [0.4, 0.5) is 5.69 Å². The second-order valence-corrected chi connectivity index (χ2v) is 13.6. The number of imide groups is 1. The van der Waals surface area contributed by atoms with Crippen LogP contribution in [0.3, 0.4) is 0 Å². The third-order valence-electron chi connectivity index (χ3n) is 8.85. The van der Waals surface area contributed by atoms with E-state index in [0.717, 1.165) is 6.42 Å². The van der Waals surface area contributed by atoms with Gasteiger partial charge in [0.25, 0.3) is 0 Å². The van der Waals surface area contributed by atoms with Crippen molar-refractivity contribution in [2.24, 2.45) is 23.7 Å². The van der Waals surface area contributed by atoms with E-state index >= 15 is 0 Å². The topological polar surface area (TPSA) is 93.6 Å². The number of rotatable bonds is 6. The molecule has 1 saturated heterocycles. The molecule has 3 aromatic carbocycles. The van der Waals surface area contributed by atoms with Crippen molar-refractivity contribution in [1.29, 1.82) is 0 Å². The van der Waals surface area contributed by atoms with Crippen LogP contribution >= 0.6 is 43.5 Å². The number of ketones is 1. The fraction of sp³-hybridized carbons (Fsp3) is 0.242. The zero-order chi connectivity index (χ0) is 30.0. The van der Waals surface area contributed by atoms with Crippen LogP contribution in [0, 0.1) is 23.7 Å². The first-order valence-corrected chi connectivity index (χ1v) is 16.1. The number of aromatic nitrogens is 1. The second-order valence-electron chi connectivity index (χ2n) is 11.1. The number of esters is 1. The van der Waals surface area contributed by atoms with Gasteiger partial charge in [0.2, 0.25) is 11.8 Å². The van der Waals surface area contributed by atoms with Crippen molar-refractivity contribution in [2.45, 2.75) is 16.1 Å². The zero-order valence-corrected chi connectivity index (χ0v) is 26.4. The van der Waals surface area contributed by atoms with Gasteiger partial charge in [-0.05, 0) is 42.5 Å². The van der Waals surface area contributed by atoms with Gasteiger partial charge in [-0.15, -0.1) is 0 Å². The summed E-state index contributed by atoms with van der Waals surface area (Å²) < 4.78 is 5.42. The Morgan fingerprint density at radius 2 is 1.53 bits per heavy atom. The molecule has 0 radical (unpaired) electrons. The molecule has 6 unspecified atom stereocenters. The average Bonchev–Trinajstić information content (AvgIpc) is 3.64. The number of carbonyl (C=O) groups excluding carboxylic acids is 4. The summed E-state index contributed by atoms with van der Waals surface area (Å²) in [6.07, 6.45) is 0.868. The monoisotopic (exact) mass is 720 g/mol. The number of para-hydroxylation sites is 1. The van der Waals surface area contributed by atoms with E-state index in [-0.39, 0.29) is 56.5 Å². The number of hydrogen-bond acceptors (Lipinski definition) is 6. The van der Waals surface area contributed by atoms with Gasteiger partial charge in [0.05, 0.1) is 39.3 Å². The molecule has 43 heavy (non-hydrogen) atoms. The fourth-order valence-electron chi connectivity index (χ4n) is 6.83. The number of Topliss-reactive ketones (excluding diaryl/α,β-unsaturated/α-hetero) is 1. The number of anilines is 1. The summed E-state index contributed by atoms with van der Waals surface area (Å²) in [4.78, 5) is 59.1. The van der Waals surface area contributed by atoms with Gasteiger partial charge in [0, 0.05) is 26.2 Å². The summed E-state index contributed by atoms with van der Waals surface area (Å²) in [6.45, 7) is -0.412. The lowest BCUT2D eigenvalue weighted by Gasteiger charge is -2.28. The van der Waals surface area contributed by atoms with Gasteiger partial charge in [-0.1, -0.05) is 98.1 Å². The minimum atomic E-state index is -0.679. The van der Waals surface area contributed by atoms with Crippen LogP contribution in [0.15, 0.2) is 78.9 Å². The summed E-state index contributed by atoms with van der Waals surface area (Å²) in [5.74, 6) is -1.64. The van der Waals surface area contributed by atoms with Crippen molar-refractivity contribution in [3.05, 3.63) is 95.0 Å². The highest BCUT2D eigenvalue weighted by Gasteiger charge is 2.66. The summed E-state index contributed by atoms with van der Waals surface area (Å²) in [5, 5.41) is 0.852. The van der Waals surface area contributed by atoms with Crippen molar-refractivity contribution in [2.75, 3.05) is 11.5 Å². The van der Waals surface area contributed by atoms with E-state index in [1.54, 1.807) is 78.9 Å². The minimum Gasteiger partial charge on any atom is -0.454 e. The lowest BCUT2D eigenvalue weighted by Crippen LogP contribution is -2.37. The second kappa shape index (κ2) is 10.9. The highest BCUT2D eigenvalue weighted by Crippen LogP contribution is 2.60. The molecule has 0 spiro atoms. The molecular weight excluding hydrogens is 700 g/mol. The molecule has 3 fully saturated rings. The highest BCUT2D eigenvalue weighted by molar-refractivity contribution is 9.12. The van der Waals surface area contributed by atoms with Gasteiger partial charge < -0.3 is 4.74 Å². The molecule has 1 aromatic heterocycles. The molecule has 2 saturated carbocycles. The van der Waals surface area contributed by atoms with Crippen molar-refractivity contribution in [3.63, 3.8) is 0 Å². The lowest BCUT2D eigenvalue weighted by atomic mass is 9.81. The molecule has 0 N–H and O–H groups in total. The number of nitrogens with zero attached hydrogens (tertiary/aromatic N) is 2. The number of benzene rings is 3. The Hall–Kier alpha value is -3.40. The molecule has 7 nitrogen and oxygen atoms in total. The number of pyridine rings is 1. The maximum absolute atomic E-state index is 13.5. The molecule has 2 heterocycles. The summed E-state index contributed by atoms with van der Waals surface area (Å²) in [6, 6.07) is 22.3. The van der Waals surface area contributed by atoms with Crippen LogP contribution in [0.2, 0.25) is 5.02 Å². The number of fused-ring (bicyclic) bond motifs is 6. The first kappa shape index (κ1) is 28.4. The van der Waals surface area contributed by atoms with Crippen LogP contribution in [-0.2, 0) is 14.3 Å². The smallest absolute Gasteiger partial charge is 0.339 e. The van der Waals surface area contributed by atoms with Gasteiger partial charge in [0.15, 0.2) is 12.4 Å². The number of ether oxygens (including phenoxy) is 1. The number of amides is 2. The predicted molar refractivity (Wildman–Crippen MR) is 170 cm³/mol. The minimum absolute atomic E-state index is 0.132. The van der Waals surface area contributed by atoms with E-state index in [1.165, 1.54) is 4.90 Å². The standard InChI is InChI=1S/C33H23Br2ClN2O5/c34-28-21-13-22(29(28)35)27-26(21)31(40)38(32(27)41)18-11-9-16(10-12-18)24-14-20(19-7-4-8-23(36)30(19)37-24)33(42)43-15-25(39)17-5-2-1-3-6-17/h1-12,14,21-22,26-29H,13,15H2. The van der Waals surface area contributed by atoms with Gasteiger partial charge >= 0.3 is 5.97 Å². The van der Waals surface area contributed by atoms with E-state index in [1.807, 2.05) is 0 Å². The Balaban J connectivity index is 1.17. The number of alkyl halides is 2. The van der Waals surface area contributed by atoms with Crippen LogP contribution in [0.25, 0.3) is 22.2 Å². The normalized spacial score (nSPS) is 25.8. The molecule has 2 bridgehead atoms. The van der Waals surface area contributed by atoms with Gasteiger partial charge in [0.1, 0.15) is 0 Å². The third-order valence-corrected chi connectivity index (χ3v) is 12.4. The molecule has 10 heteroatoms. The maximum atomic E-state index is 13.5. The SMILES string of the molecule is O=C(COC(=O)c1cc(-c2ccc(N3C(=O)C4C5CC(C(Br)C5Br)C4C3=O)cc2)nc2c(Cl)cccc12)c1ccccc1.